The predicted molar refractivity (Wildman–Crippen MR) is 98.8 cm³/mol. The topological polar surface area (TPSA) is 152 Å². The van der Waals surface area contributed by atoms with Gasteiger partial charge in [-0.25, -0.2) is 4.79 Å². The molecule has 2 rings (SSSR count). The summed E-state index contributed by atoms with van der Waals surface area (Å²) in [6.07, 6.45) is 1.86. The van der Waals surface area contributed by atoms with Crippen molar-refractivity contribution in [3.8, 4) is 5.75 Å². The molecular formula is C18H18N2O9. The van der Waals surface area contributed by atoms with E-state index in [9.17, 15) is 29.8 Å². The Morgan fingerprint density at radius 2 is 1.72 bits per heavy atom. The van der Waals surface area contributed by atoms with Crippen molar-refractivity contribution in [3.05, 3.63) is 72.3 Å². The number of nitro groups is 2. The molecule has 0 spiro atoms. The fourth-order valence-electron chi connectivity index (χ4n) is 2.17. The summed E-state index contributed by atoms with van der Waals surface area (Å²) >= 11 is 0. The average molecular weight is 406 g/mol. The van der Waals surface area contributed by atoms with Crippen molar-refractivity contribution in [1.82, 2.24) is 0 Å². The van der Waals surface area contributed by atoms with Crippen LogP contribution in [-0.2, 0) is 11.3 Å². The molecule has 0 unspecified atom stereocenters. The van der Waals surface area contributed by atoms with Crippen LogP contribution in [0.2, 0.25) is 0 Å². The number of esters is 1. The molecule has 0 saturated heterocycles. The fraction of sp³-hybridized carbons (Fsp3) is 0.333. The van der Waals surface area contributed by atoms with E-state index in [-0.39, 0.29) is 17.1 Å². The summed E-state index contributed by atoms with van der Waals surface area (Å²) < 4.78 is 15.4. The van der Waals surface area contributed by atoms with Gasteiger partial charge in [-0.1, -0.05) is 13.8 Å². The van der Waals surface area contributed by atoms with Crippen LogP contribution in [0.3, 0.4) is 0 Å². The van der Waals surface area contributed by atoms with Gasteiger partial charge in [-0.2, -0.15) is 0 Å². The van der Waals surface area contributed by atoms with Gasteiger partial charge in [0.25, 0.3) is 11.4 Å². The van der Waals surface area contributed by atoms with Crippen LogP contribution in [0.1, 0.15) is 36.4 Å². The monoisotopic (exact) mass is 406 g/mol. The molecular weight excluding hydrogens is 388 g/mol. The zero-order valence-electron chi connectivity index (χ0n) is 15.7. The molecule has 0 atom stereocenters. The summed E-state index contributed by atoms with van der Waals surface area (Å²) in [7, 11) is 0. The minimum absolute atomic E-state index is 0.0134. The number of carbonyl (C=O) groups is 1. The summed E-state index contributed by atoms with van der Waals surface area (Å²) in [6.45, 7) is 3.93. The van der Waals surface area contributed by atoms with Crippen molar-refractivity contribution in [2.45, 2.75) is 26.9 Å². The Kier molecular flexibility index (Phi) is 7.01. The molecule has 0 aliphatic rings. The van der Waals surface area contributed by atoms with Crippen molar-refractivity contribution in [2.75, 3.05) is 6.61 Å². The standard InChI is InChI=1S/C18H18N2O9/c1-11(2)3-4-27-17-10-28-15(8-16(17)21)9-29-18(22)12-5-13(19(23)24)7-14(6-12)20(25)26/h5-8,10-11H,3-4,9H2,1-2H3. The van der Waals surface area contributed by atoms with Gasteiger partial charge in [-0.3, -0.25) is 25.0 Å². The minimum atomic E-state index is -1.04. The number of benzene rings is 1. The maximum Gasteiger partial charge on any atom is 0.339 e. The van der Waals surface area contributed by atoms with Crippen LogP contribution in [0.25, 0.3) is 0 Å². The molecule has 0 radical (unpaired) electrons. The quantitative estimate of drug-likeness (QED) is 0.347. The maximum absolute atomic E-state index is 12.1. The van der Waals surface area contributed by atoms with Crippen molar-refractivity contribution >= 4 is 17.3 Å². The third-order valence-corrected chi connectivity index (χ3v) is 3.71. The van der Waals surface area contributed by atoms with Gasteiger partial charge in [-0.15, -0.1) is 0 Å². The largest absolute Gasteiger partial charge is 0.487 e. The second kappa shape index (κ2) is 9.44. The molecule has 1 aromatic carbocycles. The highest BCUT2D eigenvalue weighted by Crippen LogP contribution is 2.23. The highest BCUT2D eigenvalue weighted by molar-refractivity contribution is 5.91. The summed E-state index contributed by atoms with van der Waals surface area (Å²) in [5.74, 6) is -0.600. The number of carbonyl (C=O) groups excluding carboxylic acids is 1. The highest BCUT2D eigenvalue weighted by atomic mass is 16.6. The summed E-state index contributed by atoms with van der Waals surface area (Å²) in [4.78, 5) is 44.1. The molecule has 0 amide bonds. The number of rotatable bonds is 9. The zero-order valence-corrected chi connectivity index (χ0v) is 15.7. The first-order valence-corrected chi connectivity index (χ1v) is 8.53. The molecule has 11 nitrogen and oxygen atoms in total. The Morgan fingerprint density at radius 3 is 2.24 bits per heavy atom. The van der Waals surface area contributed by atoms with Crippen LogP contribution in [0.4, 0.5) is 11.4 Å². The highest BCUT2D eigenvalue weighted by Gasteiger charge is 2.21. The lowest BCUT2D eigenvalue weighted by molar-refractivity contribution is -0.394. The van der Waals surface area contributed by atoms with E-state index in [1.807, 2.05) is 13.8 Å². The third kappa shape index (κ3) is 6.13. The molecule has 11 heteroatoms. The lowest BCUT2D eigenvalue weighted by Gasteiger charge is -2.08. The number of hydrogen-bond acceptors (Lipinski definition) is 9. The van der Waals surface area contributed by atoms with E-state index in [0.717, 1.165) is 36.9 Å². The molecule has 0 aliphatic heterocycles. The van der Waals surface area contributed by atoms with Gasteiger partial charge in [0.1, 0.15) is 18.6 Å². The SMILES string of the molecule is CC(C)CCOc1coc(COC(=O)c2cc([N+](=O)[O-])cc([N+](=O)[O-])c2)cc1=O. The summed E-state index contributed by atoms with van der Waals surface area (Å²) in [5, 5.41) is 21.8. The van der Waals surface area contributed by atoms with Crippen LogP contribution in [0.5, 0.6) is 5.75 Å². The lowest BCUT2D eigenvalue weighted by Crippen LogP contribution is -2.11. The molecule has 1 aromatic heterocycles. The molecule has 29 heavy (non-hydrogen) atoms. The molecule has 1 heterocycles. The number of hydrogen-bond donors (Lipinski definition) is 0. The Hall–Kier alpha value is -3.76. The van der Waals surface area contributed by atoms with Crippen LogP contribution in [0, 0.1) is 26.1 Å². The fourth-order valence-corrected chi connectivity index (χ4v) is 2.17. The van der Waals surface area contributed by atoms with Crippen LogP contribution >= 0.6 is 0 Å². The van der Waals surface area contributed by atoms with Crippen molar-refractivity contribution in [3.63, 3.8) is 0 Å². The molecule has 0 aliphatic carbocycles. The van der Waals surface area contributed by atoms with E-state index in [2.05, 4.69) is 0 Å². The van der Waals surface area contributed by atoms with Gasteiger partial charge in [0.05, 0.1) is 28.1 Å². The van der Waals surface area contributed by atoms with E-state index in [1.165, 1.54) is 0 Å². The van der Waals surface area contributed by atoms with Crippen molar-refractivity contribution in [1.29, 1.82) is 0 Å². The minimum Gasteiger partial charge on any atom is -0.487 e. The molecule has 0 bridgehead atoms. The first-order chi connectivity index (χ1) is 13.7. The van der Waals surface area contributed by atoms with Gasteiger partial charge in [0.2, 0.25) is 11.2 Å². The van der Waals surface area contributed by atoms with Gasteiger partial charge < -0.3 is 13.9 Å². The number of ether oxygens (including phenoxy) is 2. The molecule has 0 fully saturated rings. The molecule has 0 N–H and O–H groups in total. The van der Waals surface area contributed by atoms with Crippen LogP contribution in [0.15, 0.2) is 39.7 Å². The molecule has 2 aromatic rings. The van der Waals surface area contributed by atoms with Gasteiger partial charge in [0, 0.05) is 18.2 Å². The normalized spacial score (nSPS) is 10.6. The first-order valence-electron chi connectivity index (χ1n) is 8.53. The maximum atomic E-state index is 12.1. The smallest absolute Gasteiger partial charge is 0.339 e. The van der Waals surface area contributed by atoms with Crippen LogP contribution in [-0.4, -0.2) is 22.4 Å². The van der Waals surface area contributed by atoms with Gasteiger partial charge >= 0.3 is 5.97 Å². The average Bonchev–Trinajstić information content (AvgIpc) is 2.66. The first kappa shape index (κ1) is 21.5. The Bertz CT molecular complexity index is 949. The predicted octanol–water partition coefficient (Wildman–Crippen LogP) is 3.24. The van der Waals surface area contributed by atoms with E-state index < -0.39 is 39.2 Å². The zero-order chi connectivity index (χ0) is 21.6. The van der Waals surface area contributed by atoms with E-state index in [0.29, 0.717) is 12.5 Å². The Morgan fingerprint density at radius 1 is 1.10 bits per heavy atom. The lowest BCUT2D eigenvalue weighted by atomic mass is 10.1. The Balaban J connectivity index is 2.07. The molecule has 154 valence electrons. The van der Waals surface area contributed by atoms with Gasteiger partial charge in [-0.05, 0) is 12.3 Å². The summed E-state index contributed by atoms with van der Waals surface area (Å²) in [6, 6.07) is 3.54. The third-order valence-electron chi connectivity index (χ3n) is 3.71. The van der Waals surface area contributed by atoms with E-state index in [4.69, 9.17) is 13.9 Å². The van der Waals surface area contributed by atoms with Crippen molar-refractivity contribution < 1.29 is 28.5 Å². The number of nitro benzene ring substituents is 2. The number of nitrogens with zero attached hydrogens (tertiary/aromatic N) is 2. The Labute approximate surface area is 164 Å². The summed E-state index contributed by atoms with van der Waals surface area (Å²) in [5.41, 5.74) is -2.08. The van der Waals surface area contributed by atoms with Crippen molar-refractivity contribution in [2.24, 2.45) is 5.92 Å². The number of non-ortho nitro benzene ring substituents is 2. The van der Waals surface area contributed by atoms with E-state index >= 15 is 0 Å². The van der Waals surface area contributed by atoms with E-state index in [1.54, 1.807) is 0 Å². The van der Waals surface area contributed by atoms with Crippen LogP contribution < -0.4 is 10.2 Å². The second-order valence-corrected chi connectivity index (χ2v) is 6.43. The second-order valence-electron chi connectivity index (χ2n) is 6.43. The molecule has 0 saturated carbocycles. The van der Waals surface area contributed by atoms with Gasteiger partial charge in [0.15, 0.2) is 0 Å².